The third kappa shape index (κ3) is 3.40. The van der Waals surface area contributed by atoms with E-state index in [2.05, 4.69) is 20.3 Å². The van der Waals surface area contributed by atoms with Crippen molar-refractivity contribution >= 4 is 5.95 Å². The molecule has 3 N–H and O–H groups in total. The summed E-state index contributed by atoms with van der Waals surface area (Å²) in [5.41, 5.74) is 6.90. The van der Waals surface area contributed by atoms with E-state index in [1.807, 2.05) is 25.3 Å². The number of hydrogen-bond acceptors (Lipinski definition) is 5. The number of aryl methyl sites for hydroxylation is 1. The second kappa shape index (κ2) is 6.84. The molecule has 0 atom stereocenters. The van der Waals surface area contributed by atoms with Crippen LogP contribution in [0, 0.1) is 12.7 Å². The van der Waals surface area contributed by atoms with Crippen LogP contribution in [0.4, 0.5) is 10.3 Å². The summed E-state index contributed by atoms with van der Waals surface area (Å²) in [6, 6.07) is 0.754. The molecule has 1 fully saturated rings. The van der Waals surface area contributed by atoms with Crippen LogP contribution >= 0.6 is 0 Å². The maximum Gasteiger partial charge on any atom is 0.223 e. The molecule has 0 amide bonds. The number of halogens is 1. The fourth-order valence-corrected chi connectivity index (χ4v) is 3.34. The molecule has 1 aliphatic rings. The molecule has 0 unspecified atom stereocenters. The number of hydrogen-bond donors (Lipinski definition) is 2. The number of nitrogens with two attached hydrogens (primary N) is 1. The first-order chi connectivity index (χ1) is 11.5. The highest BCUT2D eigenvalue weighted by molar-refractivity contribution is 5.57. The Balaban J connectivity index is 1.87. The lowest BCUT2D eigenvalue weighted by atomic mass is 9.92. The Morgan fingerprint density at radius 3 is 2.58 bits per heavy atom. The largest absolute Gasteiger partial charge is 0.351 e. The van der Waals surface area contributed by atoms with Crippen LogP contribution in [0.25, 0.3) is 11.4 Å². The van der Waals surface area contributed by atoms with E-state index in [4.69, 9.17) is 5.73 Å². The summed E-state index contributed by atoms with van der Waals surface area (Å²) in [6.45, 7) is 6.00. The Labute approximate surface area is 141 Å². The van der Waals surface area contributed by atoms with E-state index in [1.54, 1.807) is 6.20 Å². The second-order valence-electron chi connectivity index (χ2n) is 6.80. The zero-order valence-corrected chi connectivity index (χ0v) is 14.5. The van der Waals surface area contributed by atoms with Crippen LogP contribution in [-0.4, -0.2) is 31.6 Å². The van der Waals surface area contributed by atoms with Crippen LogP contribution in [0.5, 0.6) is 0 Å². The van der Waals surface area contributed by atoms with Crippen LogP contribution in [0.15, 0.2) is 12.4 Å². The number of imidazole rings is 1. The average Bonchev–Trinajstić information content (AvgIpc) is 2.93. The summed E-state index contributed by atoms with van der Waals surface area (Å²) in [4.78, 5) is 12.8. The molecular formula is C17H25FN6. The van der Waals surface area contributed by atoms with Crippen LogP contribution in [0.2, 0.25) is 0 Å². The molecule has 1 aliphatic carbocycles. The lowest BCUT2D eigenvalue weighted by Crippen LogP contribution is -2.33. The van der Waals surface area contributed by atoms with Gasteiger partial charge in [0.15, 0.2) is 5.82 Å². The van der Waals surface area contributed by atoms with Gasteiger partial charge >= 0.3 is 0 Å². The molecule has 24 heavy (non-hydrogen) atoms. The third-order valence-electron chi connectivity index (χ3n) is 4.59. The third-order valence-corrected chi connectivity index (χ3v) is 4.59. The highest BCUT2D eigenvalue weighted by Crippen LogP contribution is 2.26. The van der Waals surface area contributed by atoms with Gasteiger partial charge < -0.3 is 15.6 Å². The summed E-state index contributed by atoms with van der Waals surface area (Å²) in [6.07, 6.45) is 6.85. The molecule has 0 spiro atoms. The molecule has 0 saturated heterocycles. The van der Waals surface area contributed by atoms with Gasteiger partial charge in [-0.15, -0.1) is 0 Å². The number of nitrogens with zero attached hydrogens (tertiary/aromatic N) is 4. The monoisotopic (exact) mass is 332 g/mol. The van der Waals surface area contributed by atoms with Crippen LogP contribution in [0.3, 0.4) is 0 Å². The van der Waals surface area contributed by atoms with Crippen molar-refractivity contribution in [3.63, 3.8) is 0 Å². The molecule has 7 heteroatoms. The molecule has 2 heterocycles. The van der Waals surface area contributed by atoms with Gasteiger partial charge in [0.25, 0.3) is 0 Å². The molecule has 130 valence electrons. The van der Waals surface area contributed by atoms with Gasteiger partial charge in [0.2, 0.25) is 5.95 Å². The van der Waals surface area contributed by atoms with Gasteiger partial charge in [-0.05, 0) is 46.5 Å². The van der Waals surface area contributed by atoms with Crippen molar-refractivity contribution in [1.29, 1.82) is 0 Å². The number of nitrogens with one attached hydrogen (secondary N) is 1. The molecule has 2 aromatic heterocycles. The Hall–Kier alpha value is -2.02. The van der Waals surface area contributed by atoms with Crippen LogP contribution in [-0.2, 0) is 0 Å². The Bertz CT molecular complexity index is 703. The van der Waals surface area contributed by atoms with Gasteiger partial charge in [-0.2, -0.15) is 0 Å². The molecule has 2 aromatic rings. The van der Waals surface area contributed by atoms with Gasteiger partial charge in [0, 0.05) is 18.1 Å². The van der Waals surface area contributed by atoms with Gasteiger partial charge in [-0.1, -0.05) is 0 Å². The minimum Gasteiger partial charge on any atom is -0.351 e. The van der Waals surface area contributed by atoms with E-state index in [1.165, 1.54) is 6.20 Å². The maximum atomic E-state index is 14.3. The highest BCUT2D eigenvalue weighted by atomic mass is 19.1. The summed E-state index contributed by atoms with van der Waals surface area (Å²) in [5, 5.41) is 3.32. The van der Waals surface area contributed by atoms with Gasteiger partial charge in [0.1, 0.15) is 11.5 Å². The zero-order chi connectivity index (χ0) is 17.3. The van der Waals surface area contributed by atoms with Crippen molar-refractivity contribution in [3.05, 3.63) is 24.0 Å². The second-order valence-corrected chi connectivity index (χ2v) is 6.80. The predicted molar refractivity (Wildman–Crippen MR) is 92.2 cm³/mol. The Kier molecular flexibility index (Phi) is 4.80. The van der Waals surface area contributed by atoms with Gasteiger partial charge in [-0.25, -0.2) is 19.3 Å². The molecule has 1 saturated carbocycles. The van der Waals surface area contributed by atoms with E-state index in [-0.39, 0.29) is 17.8 Å². The lowest BCUT2D eigenvalue weighted by Gasteiger charge is -2.26. The Morgan fingerprint density at radius 2 is 1.92 bits per heavy atom. The molecule has 0 aliphatic heterocycles. The van der Waals surface area contributed by atoms with E-state index in [9.17, 15) is 4.39 Å². The SMILES string of the molecule is Cc1ncc(-c2nc(NC3CCC(N)CC3)ncc2F)n1C(C)C. The molecule has 0 bridgehead atoms. The summed E-state index contributed by atoms with van der Waals surface area (Å²) < 4.78 is 16.3. The van der Waals surface area contributed by atoms with Crippen molar-refractivity contribution in [2.24, 2.45) is 5.73 Å². The standard InChI is InChI=1S/C17H25FN6/c1-10(2)24-11(3)20-9-15(24)16-14(18)8-21-17(23-16)22-13-6-4-12(19)5-7-13/h8-10,12-13H,4-7,19H2,1-3H3,(H,21,22,23). The van der Waals surface area contributed by atoms with Crippen molar-refractivity contribution in [2.45, 2.75) is 64.6 Å². The normalized spacial score (nSPS) is 21.2. The number of aromatic nitrogens is 4. The fourth-order valence-electron chi connectivity index (χ4n) is 3.34. The fraction of sp³-hybridized carbons (Fsp3) is 0.588. The van der Waals surface area contributed by atoms with Gasteiger partial charge in [0.05, 0.1) is 18.1 Å². The summed E-state index contributed by atoms with van der Waals surface area (Å²) in [7, 11) is 0. The summed E-state index contributed by atoms with van der Waals surface area (Å²) in [5.74, 6) is 0.864. The molecule has 3 rings (SSSR count). The van der Waals surface area contributed by atoms with Crippen molar-refractivity contribution in [2.75, 3.05) is 5.32 Å². The Morgan fingerprint density at radius 1 is 1.21 bits per heavy atom. The van der Waals surface area contributed by atoms with E-state index < -0.39 is 5.82 Å². The first kappa shape index (κ1) is 16.8. The number of anilines is 1. The molecular weight excluding hydrogens is 307 g/mol. The minimum atomic E-state index is -0.437. The van der Waals surface area contributed by atoms with Crippen molar-refractivity contribution < 1.29 is 4.39 Å². The van der Waals surface area contributed by atoms with E-state index in [0.717, 1.165) is 31.5 Å². The number of rotatable bonds is 4. The molecule has 0 radical (unpaired) electrons. The van der Waals surface area contributed by atoms with Crippen molar-refractivity contribution in [1.82, 2.24) is 19.5 Å². The summed E-state index contributed by atoms with van der Waals surface area (Å²) >= 11 is 0. The molecule has 6 nitrogen and oxygen atoms in total. The van der Waals surface area contributed by atoms with Crippen molar-refractivity contribution in [3.8, 4) is 11.4 Å². The first-order valence-electron chi connectivity index (χ1n) is 8.54. The van der Waals surface area contributed by atoms with Crippen LogP contribution < -0.4 is 11.1 Å². The molecule has 0 aromatic carbocycles. The smallest absolute Gasteiger partial charge is 0.223 e. The lowest BCUT2D eigenvalue weighted by molar-refractivity contribution is 0.409. The average molecular weight is 332 g/mol. The quantitative estimate of drug-likeness (QED) is 0.899. The van der Waals surface area contributed by atoms with E-state index in [0.29, 0.717) is 17.7 Å². The van der Waals surface area contributed by atoms with Gasteiger partial charge in [-0.3, -0.25) is 0 Å². The zero-order valence-electron chi connectivity index (χ0n) is 14.5. The first-order valence-corrected chi connectivity index (χ1v) is 8.54. The maximum absolute atomic E-state index is 14.3. The predicted octanol–water partition coefficient (Wildman–Crippen LogP) is 3.05. The topological polar surface area (TPSA) is 81.7 Å². The highest BCUT2D eigenvalue weighted by Gasteiger charge is 2.21. The minimum absolute atomic E-state index is 0.174. The van der Waals surface area contributed by atoms with Crippen LogP contribution in [0.1, 0.15) is 51.4 Å². The van der Waals surface area contributed by atoms with E-state index >= 15 is 0 Å².